The predicted molar refractivity (Wildman–Crippen MR) is 94.0 cm³/mol. The van der Waals surface area contributed by atoms with Crippen LogP contribution in [0.15, 0.2) is 30.3 Å². The number of carbonyl (C=O) groups excluding carboxylic acids is 1. The molecule has 0 aliphatic carbocycles. The minimum absolute atomic E-state index is 0.148. The summed E-state index contributed by atoms with van der Waals surface area (Å²) in [4.78, 5) is 12.4. The molecule has 0 aromatic heterocycles. The molecule has 0 saturated carbocycles. The van der Waals surface area contributed by atoms with E-state index >= 15 is 0 Å². The molecule has 1 aliphatic heterocycles. The lowest BCUT2D eigenvalue weighted by Crippen LogP contribution is -2.24. The van der Waals surface area contributed by atoms with Crippen LogP contribution in [0.2, 0.25) is 0 Å². The lowest BCUT2D eigenvalue weighted by molar-refractivity contribution is 0.0950. The quantitative estimate of drug-likeness (QED) is 0.765. The highest BCUT2D eigenvalue weighted by molar-refractivity contribution is 5.94. The summed E-state index contributed by atoms with van der Waals surface area (Å²) in [5.74, 6) is -0.876. The topological polar surface area (TPSA) is 62.4 Å². The van der Waals surface area contributed by atoms with E-state index in [9.17, 15) is 13.6 Å². The third kappa shape index (κ3) is 3.68. The van der Waals surface area contributed by atoms with Crippen LogP contribution in [0.3, 0.4) is 0 Å². The van der Waals surface area contributed by atoms with Crippen molar-refractivity contribution in [2.45, 2.75) is 19.4 Å². The number of halogens is 2. The fourth-order valence-electron chi connectivity index (χ4n) is 3.02. The predicted octanol–water partition coefficient (Wildman–Crippen LogP) is 2.40. The van der Waals surface area contributed by atoms with Gasteiger partial charge in [0.15, 0.2) is 0 Å². The summed E-state index contributed by atoms with van der Waals surface area (Å²) in [6.07, 6.45) is 0. The third-order valence-corrected chi connectivity index (χ3v) is 4.56. The second-order valence-corrected chi connectivity index (χ2v) is 6.25. The molecule has 1 saturated heterocycles. The molecule has 0 atom stereocenters. The third-order valence-electron chi connectivity index (χ3n) is 4.56. The second-order valence-electron chi connectivity index (χ2n) is 6.25. The molecule has 1 amide bonds. The van der Waals surface area contributed by atoms with Gasteiger partial charge in [0.25, 0.3) is 5.91 Å². The summed E-state index contributed by atoms with van der Waals surface area (Å²) in [6, 6.07) is 7.75. The summed E-state index contributed by atoms with van der Waals surface area (Å²) < 4.78 is 33.3. The fourth-order valence-corrected chi connectivity index (χ4v) is 3.02. The van der Waals surface area contributed by atoms with Crippen molar-refractivity contribution in [2.24, 2.45) is 0 Å². The molecule has 7 heteroatoms. The average Bonchev–Trinajstić information content (AvgIpc) is 3.18. The first-order valence-corrected chi connectivity index (χ1v) is 8.36. The van der Waals surface area contributed by atoms with Gasteiger partial charge in [-0.2, -0.15) is 0 Å². The smallest absolute Gasteiger partial charge is 0.251 e. The number of nitrogens with one attached hydrogen (secondary N) is 3. The molecule has 0 radical (unpaired) electrons. The van der Waals surface area contributed by atoms with Crippen LogP contribution in [0.5, 0.6) is 5.75 Å². The van der Waals surface area contributed by atoms with Crippen molar-refractivity contribution in [3.8, 4) is 5.75 Å². The van der Waals surface area contributed by atoms with E-state index in [0.29, 0.717) is 16.9 Å². The van der Waals surface area contributed by atoms with Crippen molar-refractivity contribution in [3.05, 3.63) is 64.2 Å². The molecule has 0 unspecified atom stereocenters. The van der Waals surface area contributed by atoms with E-state index in [-0.39, 0.29) is 18.0 Å². The molecule has 2 aromatic rings. The van der Waals surface area contributed by atoms with Crippen molar-refractivity contribution < 1.29 is 18.3 Å². The number of rotatable bonds is 5. The van der Waals surface area contributed by atoms with Crippen LogP contribution in [0.25, 0.3) is 0 Å². The molecule has 3 N–H and O–H groups in total. The molecular formula is C19H21F2N3O2. The van der Waals surface area contributed by atoms with Crippen molar-refractivity contribution in [1.29, 1.82) is 0 Å². The van der Waals surface area contributed by atoms with Gasteiger partial charge in [-0.05, 0) is 36.2 Å². The van der Waals surface area contributed by atoms with Gasteiger partial charge < -0.3 is 10.1 Å². The van der Waals surface area contributed by atoms with Crippen molar-refractivity contribution in [1.82, 2.24) is 16.2 Å². The van der Waals surface area contributed by atoms with E-state index in [2.05, 4.69) is 16.2 Å². The SMILES string of the molecule is COc1cc(C(=O)NCc2c(F)ccc(C)c2F)ccc1C1CNNC1. The highest BCUT2D eigenvalue weighted by Crippen LogP contribution is 2.28. The zero-order valence-corrected chi connectivity index (χ0v) is 14.7. The lowest BCUT2D eigenvalue weighted by atomic mass is 9.97. The zero-order chi connectivity index (χ0) is 18.7. The summed E-state index contributed by atoms with van der Waals surface area (Å²) in [7, 11) is 1.55. The number of hydrogen-bond acceptors (Lipinski definition) is 4. The Balaban J connectivity index is 1.75. The standard InChI is InChI=1S/C19H21F2N3O2/c1-11-3-6-16(20)15(18(11)21)10-22-19(25)12-4-5-14(17(7-12)26-2)13-8-23-24-9-13/h3-7,13,23-24H,8-10H2,1-2H3,(H,22,25). The molecule has 1 fully saturated rings. The summed E-state index contributed by atoms with van der Waals surface area (Å²) in [5, 5.41) is 2.57. The van der Waals surface area contributed by atoms with E-state index in [1.54, 1.807) is 26.2 Å². The molecule has 1 heterocycles. The molecular weight excluding hydrogens is 340 g/mol. The Morgan fingerprint density at radius 1 is 1.23 bits per heavy atom. The average molecular weight is 361 g/mol. The molecule has 138 valence electrons. The maximum Gasteiger partial charge on any atom is 0.251 e. The molecule has 5 nitrogen and oxygen atoms in total. The van der Waals surface area contributed by atoms with Gasteiger partial charge in [0.05, 0.1) is 7.11 Å². The normalized spacial score (nSPS) is 14.5. The number of carbonyl (C=O) groups is 1. The minimum Gasteiger partial charge on any atom is -0.496 e. The first-order chi connectivity index (χ1) is 12.5. The highest BCUT2D eigenvalue weighted by atomic mass is 19.1. The van der Waals surface area contributed by atoms with Gasteiger partial charge >= 0.3 is 0 Å². The second kappa shape index (κ2) is 7.80. The summed E-state index contributed by atoms with van der Waals surface area (Å²) in [5.41, 5.74) is 7.67. The van der Waals surface area contributed by atoms with E-state index in [1.807, 2.05) is 6.07 Å². The van der Waals surface area contributed by atoms with Crippen LogP contribution in [0, 0.1) is 18.6 Å². The number of methoxy groups -OCH3 is 1. The molecule has 1 aliphatic rings. The fraction of sp³-hybridized carbons (Fsp3) is 0.316. The number of ether oxygens (including phenoxy) is 1. The van der Waals surface area contributed by atoms with Crippen LogP contribution in [-0.4, -0.2) is 26.1 Å². The van der Waals surface area contributed by atoms with Gasteiger partial charge in [0.2, 0.25) is 0 Å². The minimum atomic E-state index is -0.678. The first kappa shape index (κ1) is 18.3. The maximum atomic E-state index is 14.0. The van der Waals surface area contributed by atoms with Crippen LogP contribution in [0.4, 0.5) is 8.78 Å². The Labute approximate surface area is 150 Å². The Morgan fingerprint density at radius 3 is 2.65 bits per heavy atom. The van der Waals surface area contributed by atoms with E-state index in [0.717, 1.165) is 18.7 Å². The zero-order valence-electron chi connectivity index (χ0n) is 14.7. The van der Waals surface area contributed by atoms with Gasteiger partial charge in [-0.1, -0.05) is 12.1 Å². The Kier molecular flexibility index (Phi) is 5.49. The molecule has 26 heavy (non-hydrogen) atoms. The van der Waals surface area contributed by atoms with Gasteiger partial charge in [-0.25, -0.2) is 8.78 Å². The van der Waals surface area contributed by atoms with E-state index in [1.165, 1.54) is 12.1 Å². The number of hydrazine groups is 1. The Bertz CT molecular complexity index is 821. The van der Waals surface area contributed by atoms with E-state index in [4.69, 9.17) is 4.74 Å². The molecule has 0 bridgehead atoms. The number of hydrogen-bond donors (Lipinski definition) is 3. The van der Waals surface area contributed by atoms with Crippen molar-refractivity contribution >= 4 is 5.91 Å². The van der Waals surface area contributed by atoms with Gasteiger partial charge in [-0.15, -0.1) is 0 Å². The maximum absolute atomic E-state index is 14.0. The number of benzene rings is 2. The van der Waals surface area contributed by atoms with Crippen molar-refractivity contribution in [2.75, 3.05) is 20.2 Å². The highest BCUT2D eigenvalue weighted by Gasteiger charge is 2.21. The Hall–Kier alpha value is -2.51. The lowest BCUT2D eigenvalue weighted by Gasteiger charge is -2.15. The van der Waals surface area contributed by atoms with Gasteiger partial charge in [0.1, 0.15) is 17.4 Å². The molecule has 3 rings (SSSR count). The summed E-state index contributed by atoms with van der Waals surface area (Å²) in [6.45, 7) is 2.87. The van der Waals surface area contributed by atoms with Crippen LogP contribution < -0.4 is 20.9 Å². The van der Waals surface area contributed by atoms with Gasteiger partial charge in [0, 0.05) is 36.7 Å². The molecule has 2 aromatic carbocycles. The van der Waals surface area contributed by atoms with Crippen molar-refractivity contribution in [3.63, 3.8) is 0 Å². The number of amides is 1. The number of aryl methyl sites for hydroxylation is 1. The largest absolute Gasteiger partial charge is 0.496 e. The molecule has 0 spiro atoms. The van der Waals surface area contributed by atoms with E-state index < -0.39 is 17.5 Å². The first-order valence-electron chi connectivity index (χ1n) is 8.36. The van der Waals surface area contributed by atoms with Crippen LogP contribution in [0.1, 0.15) is 33.0 Å². The van der Waals surface area contributed by atoms with Gasteiger partial charge in [-0.3, -0.25) is 15.6 Å². The monoisotopic (exact) mass is 361 g/mol. The Morgan fingerprint density at radius 2 is 1.96 bits per heavy atom. The summed E-state index contributed by atoms with van der Waals surface area (Å²) >= 11 is 0. The van der Waals surface area contributed by atoms with Crippen LogP contribution >= 0.6 is 0 Å². The van der Waals surface area contributed by atoms with Crippen LogP contribution in [-0.2, 0) is 6.54 Å².